The van der Waals surface area contributed by atoms with Gasteiger partial charge in [-0.15, -0.1) is 0 Å². The molecule has 0 aromatic heterocycles. The minimum Gasteiger partial charge on any atom is -0.325 e. The maximum atomic E-state index is 14.2. The van der Waals surface area contributed by atoms with Crippen molar-refractivity contribution in [3.63, 3.8) is 0 Å². The molecule has 144 valence electrons. The smallest absolute Gasteiger partial charge is 0.267 e. The summed E-state index contributed by atoms with van der Waals surface area (Å²) in [5, 5.41) is 3.12. The summed E-state index contributed by atoms with van der Waals surface area (Å²) in [4.78, 5) is 12.0. The van der Waals surface area contributed by atoms with E-state index in [1.54, 1.807) is 42.5 Å². The van der Waals surface area contributed by atoms with E-state index in [-0.39, 0.29) is 5.69 Å². The second-order valence-corrected chi connectivity index (χ2v) is 8.10. The minimum atomic E-state index is -4.30. The molecule has 1 N–H and O–H groups in total. The molecule has 1 amide bonds. The molecule has 8 heteroatoms. The molecule has 0 aliphatic carbocycles. The third-order valence-electron chi connectivity index (χ3n) is 3.86. The molecule has 0 unspecified atom stereocenters. The number of halogens is 2. The highest BCUT2D eigenvalue weighted by molar-refractivity contribution is 7.92. The van der Waals surface area contributed by atoms with Crippen LogP contribution in [0.15, 0.2) is 83.8 Å². The molecule has 28 heavy (non-hydrogen) atoms. The molecule has 0 heterocycles. The highest BCUT2D eigenvalue weighted by Gasteiger charge is 2.29. The van der Waals surface area contributed by atoms with E-state index in [9.17, 15) is 17.6 Å². The Kier molecular flexibility index (Phi) is 5.96. The highest BCUT2D eigenvalue weighted by Crippen LogP contribution is 2.25. The van der Waals surface area contributed by atoms with Gasteiger partial charge >= 0.3 is 0 Å². The lowest BCUT2D eigenvalue weighted by atomic mass is 10.3. The number of amides is 1. The van der Waals surface area contributed by atoms with E-state index in [2.05, 4.69) is 5.32 Å². The Balaban J connectivity index is 1.93. The Labute approximate surface area is 167 Å². The van der Waals surface area contributed by atoms with Crippen molar-refractivity contribution in [2.24, 2.45) is 0 Å². The summed E-state index contributed by atoms with van der Waals surface area (Å²) in [5.74, 6) is -1.47. The Morgan fingerprint density at radius 2 is 1.54 bits per heavy atom. The van der Waals surface area contributed by atoms with Crippen LogP contribution < -0.4 is 9.62 Å². The molecular weight excluding hydrogens is 403 g/mol. The Hall–Kier alpha value is -2.90. The van der Waals surface area contributed by atoms with E-state index in [1.807, 2.05) is 0 Å². The molecule has 5 nitrogen and oxygen atoms in total. The van der Waals surface area contributed by atoms with Crippen LogP contribution in [-0.4, -0.2) is 20.9 Å². The van der Waals surface area contributed by atoms with Gasteiger partial charge in [-0.3, -0.25) is 9.10 Å². The fourth-order valence-corrected chi connectivity index (χ4v) is 4.16. The first-order valence-electron chi connectivity index (χ1n) is 8.25. The van der Waals surface area contributed by atoms with Crippen LogP contribution in [0, 0.1) is 5.82 Å². The first kappa shape index (κ1) is 19.9. The van der Waals surface area contributed by atoms with Crippen molar-refractivity contribution < 1.29 is 17.6 Å². The van der Waals surface area contributed by atoms with Crippen molar-refractivity contribution in [1.82, 2.24) is 0 Å². The standard InChI is InChI=1S/C20H16ClFN2O3S/c21-15-10-12-16(13-11-15)23-20(25)14-24(17-6-2-1-3-7-17)28(26,27)19-9-5-4-8-18(19)22/h1-13H,14H2,(H,23,25). The zero-order valence-corrected chi connectivity index (χ0v) is 16.1. The van der Waals surface area contributed by atoms with E-state index in [0.29, 0.717) is 10.7 Å². The highest BCUT2D eigenvalue weighted by atomic mass is 35.5. The number of carbonyl (C=O) groups excluding carboxylic acids is 1. The fraction of sp³-hybridized carbons (Fsp3) is 0.0500. The number of anilines is 2. The Morgan fingerprint density at radius 3 is 2.18 bits per heavy atom. The van der Waals surface area contributed by atoms with Gasteiger partial charge in [0.1, 0.15) is 17.3 Å². The van der Waals surface area contributed by atoms with Gasteiger partial charge in [0.15, 0.2) is 0 Å². The molecule has 0 spiro atoms. The molecule has 3 rings (SSSR count). The Bertz CT molecular complexity index is 1070. The van der Waals surface area contributed by atoms with Crippen molar-refractivity contribution in [3.8, 4) is 0 Å². The van der Waals surface area contributed by atoms with Crippen molar-refractivity contribution >= 4 is 38.9 Å². The van der Waals surface area contributed by atoms with E-state index >= 15 is 0 Å². The maximum absolute atomic E-state index is 14.2. The van der Waals surface area contributed by atoms with E-state index in [0.717, 1.165) is 16.4 Å². The number of hydrogen-bond acceptors (Lipinski definition) is 3. The van der Waals surface area contributed by atoms with E-state index < -0.39 is 33.2 Å². The number of nitrogens with zero attached hydrogens (tertiary/aromatic N) is 1. The first-order valence-corrected chi connectivity index (χ1v) is 10.1. The summed E-state index contributed by atoms with van der Waals surface area (Å²) in [6.07, 6.45) is 0. The summed E-state index contributed by atoms with van der Waals surface area (Å²) < 4.78 is 41.2. The average molecular weight is 419 g/mol. The molecular formula is C20H16ClFN2O3S. The molecule has 0 saturated carbocycles. The molecule has 0 aliphatic heterocycles. The lowest BCUT2D eigenvalue weighted by molar-refractivity contribution is -0.114. The molecule has 0 atom stereocenters. The summed E-state index contributed by atoms with van der Waals surface area (Å²) in [6.45, 7) is -0.524. The topological polar surface area (TPSA) is 66.5 Å². The normalized spacial score (nSPS) is 11.1. The van der Waals surface area contributed by atoms with Crippen molar-refractivity contribution in [3.05, 3.63) is 89.7 Å². The van der Waals surface area contributed by atoms with Gasteiger partial charge in [0.25, 0.3) is 10.0 Å². The van der Waals surface area contributed by atoms with Gasteiger partial charge < -0.3 is 5.32 Å². The molecule has 3 aromatic carbocycles. The maximum Gasteiger partial charge on any atom is 0.267 e. The number of rotatable bonds is 6. The van der Waals surface area contributed by atoms with Gasteiger partial charge in [-0.05, 0) is 48.5 Å². The minimum absolute atomic E-state index is 0.247. The second-order valence-electron chi connectivity index (χ2n) is 5.83. The molecule has 3 aromatic rings. The number of sulfonamides is 1. The molecule has 0 bridgehead atoms. The first-order chi connectivity index (χ1) is 13.4. The Morgan fingerprint density at radius 1 is 0.929 bits per heavy atom. The van der Waals surface area contributed by atoms with Crippen LogP contribution in [-0.2, 0) is 14.8 Å². The van der Waals surface area contributed by atoms with Crippen molar-refractivity contribution in [2.45, 2.75) is 4.90 Å². The van der Waals surface area contributed by atoms with Crippen molar-refractivity contribution in [2.75, 3.05) is 16.2 Å². The van der Waals surface area contributed by atoms with Crippen LogP contribution in [0.1, 0.15) is 0 Å². The average Bonchev–Trinajstić information content (AvgIpc) is 2.68. The van der Waals surface area contributed by atoms with Gasteiger partial charge in [0.2, 0.25) is 5.91 Å². The van der Waals surface area contributed by atoms with E-state index in [1.165, 1.54) is 24.3 Å². The van der Waals surface area contributed by atoms with Crippen LogP contribution in [0.2, 0.25) is 5.02 Å². The molecule has 0 aliphatic rings. The largest absolute Gasteiger partial charge is 0.325 e. The third-order valence-corrected chi connectivity index (χ3v) is 5.92. The molecule has 0 saturated heterocycles. The predicted octanol–water partition coefficient (Wildman–Crippen LogP) is 4.31. The zero-order valence-electron chi connectivity index (χ0n) is 14.5. The number of benzene rings is 3. The van der Waals surface area contributed by atoms with Gasteiger partial charge in [0, 0.05) is 10.7 Å². The van der Waals surface area contributed by atoms with Gasteiger partial charge in [-0.1, -0.05) is 41.9 Å². The molecule has 0 fully saturated rings. The van der Waals surface area contributed by atoms with Crippen LogP contribution >= 0.6 is 11.6 Å². The van der Waals surface area contributed by atoms with E-state index in [4.69, 9.17) is 11.6 Å². The van der Waals surface area contributed by atoms with Gasteiger partial charge in [0.05, 0.1) is 5.69 Å². The molecule has 0 radical (unpaired) electrons. The van der Waals surface area contributed by atoms with Crippen LogP contribution in [0.5, 0.6) is 0 Å². The fourth-order valence-electron chi connectivity index (χ4n) is 2.55. The van der Waals surface area contributed by atoms with Crippen LogP contribution in [0.25, 0.3) is 0 Å². The number of nitrogens with one attached hydrogen (secondary N) is 1. The monoisotopic (exact) mass is 418 g/mol. The lowest BCUT2D eigenvalue weighted by Gasteiger charge is -2.24. The summed E-state index contributed by atoms with van der Waals surface area (Å²) in [6, 6.07) is 19.5. The SMILES string of the molecule is O=C(CN(c1ccccc1)S(=O)(=O)c1ccccc1F)Nc1ccc(Cl)cc1. The number of hydrogen-bond donors (Lipinski definition) is 1. The second kappa shape index (κ2) is 8.41. The zero-order chi connectivity index (χ0) is 20.1. The number of carbonyl (C=O) groups is 1. The van der Waals surface area contributed by atoms with Crippen molar-refractivity contribution in [1.29, 1.82) is 0 Å². The van der Waals surface area contributed by atoms with Gasteiger partial charge in [-0.25, -0.2) is 12.8 Å². The van der Waals surface area contributed by atoms with Crippen LogP contribution in [0.4, 0.5) is 15.8 Å². The summed E-state index contributed by atoms with van der Waals surface area (Å²) in [5.41, 5.74) is 0.711. The van der Waals surface area contributed by atoms with Crippen LogP contribution in [0.3, 0.4) is 0 Å². The predicted molar refractivity (Wildman–Crippen MR) is 107 cm³/mol. The van der Waals surface area contributed by atoms with Gasteiger partial charge in [-0.2, -0.15) is 0 Å². The summed E-state index contributed by atoms with van der Waals surface area (Å²) in [7, 11) is -4.30. The number of para-hydroxylation sites is 1. The third kappa shape index (κ3) is 4.49. The lowest BCUT2D eigenvalue weighted by Crippen LogP contribution is -2.38. The summed E-state index contributed by atoms with van der Waals surface area (Å²) >= 11 is 5.82. The quantitative estimate of drug-likeness (QED) is 0.648.